The van der Waals surface area contributed by atoms with Crippen molar-refractivity contribution in [2.24, 2.45) is 0 Å². The van der Waals surface area contributed by atoms with E-state index in [1.165, 1.54) is 24.5 Å². The minimum absolute atomic E-state index is 0.154. The van der Waals surface area contributed by atoms with Crippen LogP contribution in [0.25, 0.3) is 0 Å². The summed E-state index contributed by atoms with van der Waals surface area (Å²) in [6.07, 6.45) is 1.95. The molecule has 2 aromatic rings. The summed E-state index contributed by atoms with van der Waals surface area (Å²) >= 11 is 0. The van der Waals surface area contributed by atoms with Gasteiger partial charge in [-0.2, -0.15) is 0 Å². The van der Waals surface area contributed by atoms with Crippen LogP contribution in [0.15, 0.2) is 35.4 Å². The van der Waals surface area contributed by atoms with E-state index < -0.39 is 11.0 Å². The molecule has 0 unspecified atom stereocenters. The van der Waals surface area contributed by atoms with E-state index in [0.717, 1.165) is 5.69 Å². The van der Waals surface area contributed by atoms with Gasteiger partial charge in [-0.25, -0.2) is 4.98 Å². The number of carbonyl (C=O) groups excluding carboxylic acids is 1. The maximum absolute atomic E-state index is 12.5. The molecule has 0 saturated heterocycles. The highest BCUT2D eigenvalue weighted by Gasteiger charge is 2.28. The van der Waals surface area contributed by atoms with Gasteiger partial charge in [0.25, 0.3) is 11.2 Å². The number of anilines is 1. The number of para-hydroxylation sites is 2. The minimum atomic E-state index is -0.549. The summed E-state index contributed by atoms with van der Waals surface area (Å²) in [6, 6.07) is 5.44. The van der Waals surface area contributed by atoms with Gasteiger partial charge in [-0.05, 0) is 13.0 Å². The van der Waals surface area contributed by atoms with Gasteiger partial charge in [-0.1, -0.05) is 12.1 Å². The molecule has 0 saturated carbocycles. The van der Waals surface area contributed by atoms with Gasteiger partial charge in [0.05, 0.1) is 28.5 Å². The summed E-state index contributed by atoms with van der Waals surface area (Å²) in [7, 11) is 0. The fourth-order valence-corrected chi connectivity index (χ4v) is 2.85. The van der Waals surface area contributed by atoms with Crippen molar-refractivity contribution < 1.29 is 9.72 Å². The highest BCUT2D eigenvalue weighted by molar-refractivity contribution is 5.96. The molecule has 9 nitrogen and oxygen atoms in total. The summed E-state index contributed by atoms with van der Waals surface area (Å²) in [5.41, 5.74) is 1.08. The van der Waals surface area contributed by atoms with E-state index in [1.807, 2.05) is 4.90 Å². The second-order valence-electron chi connectivity index (χ2n) is 5.82. The van der Waals surface area contributed by atoms with Gasteiger partial charge in [0.1, 0.15) is 5.69 Å². The smallest absolute Gasteiger partial charge is 0.292 e. The van der Waals surface area contributed by atoms with Crippen LogP contribution in [0.1, 0.15) is 18.2 Å². The standard InChI is InChI=1S/C16H17N5O4/c1-10(15(22)19-13-4-2-3-5-14(13)21(24)25)20-7-6-12-11(8-20)16(23)18-9-17-12/h2-5,9-10H,6-8H2,1H3,(H,19,22)(H,17,18,23)/t10-/m0/s1. The van der Waals surface area contributed by atoms with Crippen molar-refractivity contribution >= 4 is 17.3 Å². The molecular weight excluding hydrogens is 326 g/mol. The first-order valence-corrected chi connectivity index (χ1v) is 7.81. The number of aromatic nitrogens is 2. The molecule has 0 aliphatic carbocycles. The molecule has 3 rings (SSSR count). The van der Waals surface area contributed by atoms with Crippen LogP contribution in [0.3, 0.4) is 0 Å². The number of aromatic amines is 1. The van der Waals surface area contributed by atoms with Crippen LogP contribution in [0.5, 0.6) is 0 Å². The number of carbonyl (C=O) groups is 1. The number of benzene rings is 1. The summed E-state index contributed by atoms with van der Waals surface area (Å²) in [5.74, 6) is -0.363. The zero-order chi connectivity index (χ0) is 18.0. The van der Waals surface area contributed by atoms with Crippen LogP contribution < -0.4 is 10.9 Å². The van der Waals surface area contributed by atoms with Crippen molar-refractivity contribution in [1.29, 1.82) is 0 Å². The van der Waals surface area contributed by atoms with Crippen LogP contribution in [0, 0.1) is 10.1 Å². The summed E-state index contributed by atoms with van der Waals surface area (Å²) in [6.45, 7) is 2.60. The predicted molar refractivity (Wildman–Crippen MR) is 90.2 cm³/mol. The van der Waals surface area contributed by atoms with E-state index in [0.29, 0.717) is 25.1 Å². The molecule has 0 spiro atoms. The number of H-pyrrole nitrogens is 1. The Bertz CT molecular complexity index is 879. The van der Waals surface area contributed by atoms with Gasteiger partial charge in [-0.3, -0.25) is 24.6 Å². The molecule has 0 fully saturated rings. The van der Waals surface area contributed by atoms with Crippen LogP contribution >= 0.6 is 0 Å². The number of hydrogen-bond donors (Lipinski definition) is 2. The largest absolute Gasteiger partial charge is 0.319 e. The molecule has 25 heavy (non-hydrogen) atoms. The molecule has 0 radical (unpaired) electrons. The van der Waals surface area contributed by atoms with Gasteiger partial charge in [0.2, 0.25) is 5.91 Å². The van der Waals surface area contributed by atoms with Crippen LogP contribution in [0.4, 0.5) is 11.4 Å². The number of hydrogen-bond acceptors (Lipinski definition) is 6. The Balaban J connectivity index is 1.75. The third-order valence-electron chi connectivity index (χ3n) is 4.32. The molecule has 1 atom stereocenters. The first-order valence-electron chi connectivity index (χ1n) is 7.81. The third kappa shape index (κ3) is 3.41. The number of fused-ring (bicyclic) bond motifs is 1. The number of nitrogens with zero attached hydrogens (tertiary/aromatic N) is 3. The highest BCUT2D eigenvalue weighted by Crippen LogP contribution is 2.24. The molecule has 1 aromatic heterocycles. The number of amides is 1. The molecule has 0 bridgehead atoms. The van der Waals surface area contributed by atoms with Gasteiger partial charge < -0.3 is 10.3 Å². The predicted octanol–water partition coefficient (Wildman–Crippen LogP) is 1.06. The topological polar surface area (TPSA) is 121 Å². The van der Waals surface area contributed by atoms with Gasteiger partial charge in [-0.15, -0.1) is 0 Å². The van der Waals surface area contributed by atoms with Crippen molar-refractivity contribution in [3.05, 3.63) is 62.3 Å². The fourth-order valence-electron chi connectivity index (χ4n) is 2.85. The lowest BCUT2D eigenvalue weighted by atomic mass is 10.1. The van der Waals surface area contributed by atoms with Crippen molar-refractivity contribution in [2.75, 3.05) is 11.9 Å². The van der Waals surface area contributed by atoms with Gasteiger partial charge in [0.15, 0.2) is 0 Å². The quantitative estimate of drug-likeness (QED) is 0.632. The molecular formula is C16H17N5O4. The maximum Gasteiger partial charge on any atom is 0.292 e. The van der Waals surface area contributed by atoms with E-state index >= 15 is 0 Å². The van der Waals surface area contributed by atoms with Crippen LogP contribution in [-0.2, 0) is 17.8 Å². The Morgan fingerprint density at radius 3 is 2.96 bits per heavy atom. The Kier molecular flexibility index (Phi) is 4.57. The zero-order valence-electron chi connectivity index (χ0n) is 13.6. The first kappa shape index (κ1) is 16.8. The lowest BCUT2D eigenvalue weighted by Crippen LogP contribution is -2.46. The van der Waals surface area contributed by atoms with Crippen molar-refractivity contribution in [2.45, 2.75) is 25.9 Å². The Morgan fingerprint density at radius 1 is 1.44 bits per heavy atom. The fraction of sp³-hybridized carbons (Fsp3) is 0.312. The number of rotatable bonds is 4. The lowest BCUT2D eigenvalue weighted by molar-refractivity contribution is -0.383. The van der Waals surface area contributed by atoms with Crippen molar-refractivity contribution in [3.63, 3.8) is 0 Å². The average molecular weight is 343 g/mol. The number of nitro benzene ring substituents is 1. The molecule has 9 heteroatoms. The monoisotopic (exact) mass is 343 g/mol. The van der Waals surface area contributed by atoms with E-state index in [-0.39, 0.29) is 22.8 Å². The number of nitro groups is 1. The molecule has 1 amide bonds. The minimum Gasteiger partial charge on any atom is -0.319 e. The second-order valence-corrected chi connectivity index (χ2v) is 5.82. The van der Waals surface area contributed by atoms with E-state index in [9.17, 15) is 19.7 Å². The highest BCUT2D eigenvalue weighted by atomic mass is 16.6. The van der Waals surface area contributed by atoms with Crippen LogP contribution in [0.2, 0.25) is 0 Å². The van der Waals surface area contributed by atoms with Crippen LogP contribution in [-0.4, -0.2) is 38.3 Å². The summed E-state index contributed by atoms with van der Waals surface area (Å²) < 4.78 is 0. The number of nitrogens with one attached hydrogen (secondary N) is 2. The normalized spacial score (nSPS) is 15.2. The third-order valence-corrected chi connectivity index (χ3v) is 4.32. The molecule has 1 aliphatic heterocycles. The Hall–Kier alpha value is -3.07. The van der Waals surface area contributed by atoms with Crippen molar-refractivity contribution in [1.82, 2.24) is 14.9 Å². The lowest BCUT2D eigenvalue weighted by Gasteiger charge is -2.31. The second kappa shape index (κ2) is 6.81. The summed E-state index contributed by atoms with van der Waals surface area (Å²) in [4.78, 5) is 43.5. The average Bonchev–Trinajstić information content (AvgIpc) is 2.61. The molecule has 2 heterocycles. The molecule has 2 N–H and O–H groups in total. The Morgan fingerprint density at radius 2 is 2.20 bits per heavy atom. The van der Waals surface area contributed by atoms with Gasteiger partial charge in [0, 0.05) is 25.6 Å². The molecule has 1 aliphatic rings. The SMILES string of the molecule is C[C@@H](C(=O)Nc1ccccc1[N+](=O)[O-])N1CCc2nc[nH]c(=O)c2C1. The van der Waals surface area contributed by atoms with Crippen molar-refractivity contribution in [3.8, 4) is 0 Å². The van der Waals surface area contributed by atoms with Gasteiger partial charge >= 0.3 is 0 Å². The summed E-state index contributed by atoms with van der Waals surface area (Å²) in [5, 5.41) is 13.7. The molecule has 1 aromatic carbocycles. The van der Waals surface area contributed by atoms with E-state index in [4.69, 9.17) is 0 Å². The zero-order valence-corrected chi connectivity index (χ0v) is 13.6. The van der Waals surface area contributed by atoms with E-state index in [2.05, 4.69) is 15.3 Å². The Labute approximate surface area is 142 Å². The maximum atomic E-state index is 12.5. The molecule has 130 valence electrons. The first-order chi connectivity index (χ1) is 12.0. The van der Waals surface area contributed by atoms with E-state index in [1.54, 1.807) is 13.0 Å².